The Labute approximate surface area is 99.8 Å². The second kappa shape index (κ2) is 6.52. The maximum absolute atomic E-state index is 11.1. The van der Waals surface area contributed by atoms with Crippen LogP contribution in [0.25, 0.3) is 0 Å². The van der Waals surface area contributed by atoms with Gasteiger partial charge in [0.05, 0.1) is 0 Å². The number of aliphatic carboxylic acids is 1. The molecule has 0 aliphatic rings. The Bertz CT molecular complexity index is 379. The average Bonchev–Trinajstić information content (AvgIpc) is 2.35. The fourth-order valence-corrected chi connectivity index (χ4v) is 1.44. The lowest BCUT2D eigenvalue weighted by molar-refractivity contribution is -0.139. The summed E-state index contributed by atoms with van der Waals surface area (Å²) in [5.74, 6) is -1.02. The highest BCUT2D eigenvalue weighted by Gasteiger charge is 2.18. The van der Waals surface area contributed by atoms with Crippen LogP contribution >= 0.6 is 0 Å². The van der Waals surface area contributed by atoms with Gasteiger partial charge in [-0.3, -0.25) is 0 Å². The third-order valence-electron chi connectivity index (χ3n) is 2.39. The third-order valence-corrected chi connectivity index (χ3v) is 2.39. The molecule has 0 saturated heterocycles. The van der Waals surface area contributed by atoms with Crippen LogP contribution < -0.4 is 10.6 Å². The number of benzene rings is 1. The van der Waals surface area contributed by atoms with Gasteiger partial charge in [0.15, 0.2) is 0 Å². The number of hydrogen-bond acceptors (Lipinski definition) is 2. The van der Waals surface area contributed by atoms with Gasteiger partial charge in [0.25, 0.3) is 0 Å². The van der Waals surface area contributed by atoms with Crippen molar-refractivity contribution in [2.24, 2.45) is 0 Å². The third kappa shape index (κ3) is 4.55. The summed E-state index contributed by atoms with van der Waals surface area (Å²) < 4.78 is 0. The Morgan fingerprint density at radius 3 is 2.47 bits per heavy atom. The van der Waals surface area contributed by atoms with Crippen molar-refractivity contribution in [3.05, 3.63) is 35.9 Å². The molecule has 1 rings (SSSR count). The molecule has 2 amide bonds. The Kier molecular flexibility index (Phi) is 5.00. The van der Waals surface area contributed by atoms with E-state index in [1.807, 2.05) is 30.3 Å². The Hall–Kier alpha value is -2.04. The van der Waals surface area contributed by atoms with Crippen LogP contribution in [0.4, 0.5) is 4.79 Å². The summed E-state index contributed by atoms with van der Waals surface area (Å²) in [7, 11) is 1.45. The second-order valence-electron chi connectivity index (χ2n) is 3.64. The Morgan fingerprint density at radius 1 is 1.29 bits per heavy atom. The molecule has 1 aromatic carbocycles. The number of aryl methyl sites for hydroxylation is 1. The van der Waals surface area contributed by atoms with E-state index in [4.69, 9.17) is 5.11 Å². The lowest BCUT2D eigenvalue weighted by atomic mass is 10.1. The number of nitrogens with one attached hydrogen (secondary N) is 2. The van der Waals surface area contributed by atoms with Gasteiger partial charge in [0.2, 0.25) is 0 Å². The fourth-order valence-electron chi connectivity index (χ4n) is 1.44. The molecule has 0 aromatic heterocycles. The van der Waals surface area contributed by atoms with Crippen LogP contribution in [0.3, 0.4) is 0 Å². The van der Waals surface area contributed by atoms with Crippen LogP contribution in [-0.4, -0.2) is 30.2 Å². The summed E-state index contributed by atoms with van der Waals surface area (Å²) in [6, 6.07) is 8.22. The zero-order valence-electron chi connectivity index (χ0n) is 9.64. The van der Waals surface area contributed by atoms with Crippen molar-refractivity contribution in [3.63, 3.8) is 0 Å². The average molecular weight is 236 g/mol. The predicted octanol–water partition coefficient (Wildman–Crippen LogP) is 1.00. The molecule has 3 N–H and O–H groups in total. The first kappa shape index (κ1) is 13.0. The summed E-state index contributed by atoms with van der Waals surface area (Å²) in [6.45, 7) is 0. The molecule has 0 aliphatic carbocycles. The highest BCUT2D eigenvalue weighted by atomic mass is 16.4. The number of carbonyl (C=O) groups excluding carboxylic acids is 1. The number of carboxylic acid groups (broad SMARTS) is 1. The van der Waals surface area contributed by atoms with Crippen LogP contribution in [0.5, 0.6) is 0 Å². The first-order valence-electron chi connectivity index (χ1n) is 5.38. The summed E-state index contributed by atoms with van der Waals surface area (Å²) in [5, 5.41) is 13.7. The minimum Gasteiger partial charge on any atom is -0.480 e. The predicted molar refractivity (Wildman–Crippen MR) is 63.8 cm³/mol. The van der Waals surface area contributed by atoms with E-state index in [1.54, 1.807) is 0 Å². The topological polar surface area (TPSA) is 78.4 Å². The van der Waals surface area contributed by atoms with E-state index in [2.05, 4.69) is 10.6 Å². The molecule has 0 heterocycles. The molecular weight excluding hydrogens is 220 g/mol. The molecule has 0 radical (unpaired) electrons. The first-order chi connectivity index (χ1) is 8.13. The van der Waals surface area contributed by atoms with Crippen LogP contribution in [0.2, 0.25) is 0 Å². The highest BCUT2D eigenvalue weighted by Crippen LogP contribution is 2.05. The minimum absolute atomic E-state index is 0.368. The minimum atomic E-state index is -1.02. The second-order valence-corrected chi connectivity index (χ2v) is 3.64. The number of amides is 2. The van der Waals surface area contributed by atoms with Gasteiger partial charge < -0.3 is 15.7 Å². The molecule has 0 spiro atoms. The van der Waals surface area contributed by atoms with Gasteiger partial charge in [-0.1, -0.05) is 30.3 Å². The standard InChI is InChI=1S/C12H16N2O3/c1-13-12(17)14-10(11(15)16)8-7-9-5-3-2-4-6-9/h2-6,10H,7-8H2,1H3,(H,15,16)(H2,13,14,17). The number of rotatable bonds is 5. The van der Waals surface area contributed by atoms with E-state index in [0.717, 1.165) is 5.56 Å². The van der Waals surface area contributed by atoms with Gasteiger partial charge >= 0.3 is 12.0 Å². The molecule has 1 atom stereocenters. The Balaban J connectivity index is 2.50. The molecule has 0 fully saturated rings. The molecule has 17 heavy (non-hydrogen) atoms. The van der Waals surface area contributed by atoms with Crippen molar-refractivity contribution < 1.29 is 14.7 Å². The number of hydrogen-bond donors (Lipinski definition) is 3. The van der Waals surface area contributed by atoms with Crippen molar-refractivity contribution in [2.45, 2.75) is 18.9 Å². The number of urea groups is 1. The number of carbonyl (C=O) groups is 2. The molecule has 92 valence electrons. The van der Waals surface area contributed by atoms with E-state index < -0.39 is 18.0 Å². The molecule has 0 bridgehead atoms. The Morgan fingerprint density at radius 2 is 1.94 bits per heavy atom. The maximum Gasteiger partial charge on any atom is 0.326 e. The molecule has 5 heteroatoms. The molecule has 1 unspecified atom stereocenters. The highest BCUT2D eigenvalue weighted by molar-refractivity contribution is 5.82. The van der Waals surface area contributed by atoms with Crippen LogP contribution in [0, 0.1) is 0 Å². The SMILES string of the molecule is CNC(=O)NC(CCc1ccccc1)C(=O)O. The van der Waals surface area contributed by atoms with Gasteiger partial charge in [-0.15, -0.1) is 0 Å². The van der Waals surface area contributed by atoms with E-state index in [9.17, 15) is 9.59 Å². The monoisotopic (exact) mass is 236 g/mol. The smallest absolute Gasteiger partial charge is 0.326 e. The van der Waals surface area contributed by atoms with Crippen LogP contribution in [0.1, 0.15) is 12.0 Å². The van der Waals surface area contributed by atoms with Crippen molar-refractivity contribution in [1.82, 2.24) is 10.6 Å². The van der Waals surface area contributed by atoms with Gasteiger partial charge in [-0.2, -0.15) is 0 Å². The quantitative estimate of drug-likeness (QED) is 0.713. The summed E-state index contributed by atoms with van der Waals surface area (Å²) >= 11 is 0. The zero-order valence-corrected chi connectivity index (χ0v) is 9.64. The summed E-state index contributed by atoms with van der Waals surface area (Å²) in [5.41, 5.74) is 1.05. The largest absolute Gasteiger partial charge is 0.480 e. The molecule has 5 nitrogen and oxygen atoms in total. The van der Waals surface area contributed by atoms with E-state index >= 15 is 0 Å². The fraction of sp³-hybridized carbons (Fsp3) is 0.333. The number of carboxylic acids is 1. The molecule has 0 aliphatic heterocycles. The van der Waals surface area contributed by atoms with Gasteiger partial charge in [0, 0.05) is 7.05 Å². The molecule has 1 aromatic rings. The molecule has 0 saturated carbocycles. The maximum atomic E-state index is 11.1. The van der Waals surface area contributed by atoms with E-state index in [0.29, 0.717) is 12.8 Å². The normalized spacial score (nSPS) is 11.6. The molecular formula is C12H16N2O3. The summed E-state index contributed by atoms with van der Waals surface area (Å²) in [4.78, 5) is 22.0. The van der Waals surface area contributed by atoms with Gasteiger partial charge in [-0.05, 0) is 18.4 Å². The lowest BCUT2D eigenvalue weighted by Crippen LogP contribution is -2.45. The van der Waals surface area contributed by atoms with Crippen molar-refractivity contribution in [2.75, 3.05) is 7.05 Å². The van der Waals surface area contributed by atoms with Gasteiger partial charge in [-0.25, -0.2) is 9.59 Å². The summed E-state index contributed by atoms with van der Waals surface area (Å²) in [6.07, 6.45) is 0.981. The van der Waals surface area contributed by atoms with Crippen molar-refractivity contribution in [3.8, 4) is 0 Å². The van der Waals surface area contributed by atoms with Crippen molar-refractivity contribution >= 4 is 12.0 Å². The van der Waals surface area contributed by atoms with Crippen LogP contribution in [-0.2, 0) is 11.2 Å². The van der Waals surface area contributed by atoms with E-state index in [-0.39, 0.29) is 0 Å². The zero-order chi connectivity index (χ0) is 12.7. The van der Waals surface area contributed by atoms with Gasteiger partial charge in [0.1, 0.15) is 6.04 Å². The van der Waals surface area contributed by atoms with Crippen molar-refractivity contribution in [1.29, 1.82) is 0 Å². The lowest BCUT2D eigenvalue weighted by Gasteiger charge is -2.13. The van der Waals surface area contributed by atoms with Crippen LogP contribution in [0.15, 0.2) is 30.3 Å². The van der Waals surface area contributed by atoms with E-state index in [1.165, 1.54) is 7.05 Å². The first-order valence-corrected chi connectivity index (χ1v) is 5.38.